The summed E-state index contributed by atoms with van der Waals surface area (Å²) in [5.74, 6) is 1.16. The average Bonchev–Trinajstić information content (AvgIpc) is 2.67. The van der Waals surface area contributed by atoms with Crippen LogP contribution in [-0.4, -0.2) is 30.6 Å². The van der Waals surface area contributed by atoms with Gasteiger partial charge < -0.3 is 20.1 Å². The number of nitro groups is 1. The fourth-order valence-electron chi connectivity index (χ4n) is 2.90. The summed E-state index contributed by atoms with van der Waals surface area (Å²) < 4.78 is 12.0. The molecule has 8 nitrogen and oxygen atoms in total. The van der Waals surface area contributed by atoms with Crippen molar-refractivity contribution >= 4 is 33.2 Å². The molecule has 0 aromatic heterocycles. The van der Waals surface area contributed by atoms with E-state index in [4.69, 9.17) is 9.47 Å². The second kappa shape index (κ2) is 8.92. The van der Waals surface area contributed by atoms with Crippen LogP contribution < -0.4 is 20.1 Å². The van der Waals surface area contributed by atoms with Gasteiger partial charge in [-0.05, 0) is 30.7 Å². The zero-order chi connectivity index (χ0) is 20.1. The van der Waals surface area contributed by atoms with Crippen molar-refractivity contribution in [3.05, 3.63) is 56.5 Å². The molecule has 0 saturated heterocycles. The summed E-state index contributed by atoms with van der Waals surface area (Å²) in [6.07, 6.45) is 0.179. The quantitative estimate of drug-likeness (QED) is 0.492. The summed E-state index contributed by atoms with van der Waals surface area (Å²) in [5.41, 5.74) is 1.25. The number of ether oxygens (including phenoxy) is 2. The molecular weight excluding hydrogens is 430 g/mol. The number of nitro benzene ring substituents is 1. The van der Waals surface area contributed by atoms with E-state index in [1.807, 2.05) is 19.1 Å². The lowest BCUT2D eigenvalue weighted by Gasteiger charge is -2.22. The lowest BCUT2D eigenvalue weighted by molar-refractivity contribution is -0.384. The van der Waals surface area contributed by atoms with Crippen molar-refractivity contribution in [3.8, 4) is 11.5 Å². The minimum Gasteiger partial charge on any atom is -0.486 e. The van der Waals surface area contributed by atoms with Gasteiger partial charge in [-0.1, -0.05) is 28.1 Å². The monoisotopic (exact) mass is 449 g/mol. The fourth-order valence-corrected chi connectivity index (χ4v) is 3.56. The van der Waals surface area contributed by atoms with Crippen molar-refractivity contribution in [3.63, 3.8) is 0 Å². The molecule has 2 aromatic carbocycles. The maximum atomic E-state index is 12.3. The Balaban J connectivity index is 1.56. The standard InChI is InChI=1S/C19H20BrN3O5/c1-12(13-10-17-18(11-14(13)20)28-9-8-27-17)22-19(24)6-7-21-15-4-2-3-5-16(15)23(25)26/h2-5,10-12,21H,6-9H2,1H3,(H,22,24). The number of hydrogen-bond donors (Lipinski definition) is 2. The highest BCUT2D eigenvalue weighted by Gasteiger charge is 2.19. The van der Waals surface area contributed by atoms with Gasteiger partial charge in [0.15, 0.2) is 11.5 Å². The maximum absolute atomic E-state index is 12.3. The third-order valence-corrected chi connectivity index (χ3v) is 4.96. The number of fused-ring (bicyclic) bond motifs is 1. The van der Waals surface area contributed by atoms with Crippen LogP contribution in [0.15, 0.2) is 40.9 Å². The molecule has 0 radical (unpaired) electrons. The molecule has 28 heavy (non-hydrogen) atoms. The number of amides is 1. The molecule has 2 aromatic rings. The highest BCUT2D eigenvalue weighted by molar-refractivity contribution is 9.10. The van der Waals surface area contributed by atoms with E-state index < -0.39 is 4.92 Å². The Morgan fingerprint density at radius 1 is 1.25 bits per heavy atom. The van der Waals surface area contributed by atoms with Crippen molar-refractivity contribution in [1.82, 2.24) is 5.32 Å². The van der Waals surface area contributed by atoms with Crippen molar-refractivity contribution < 1.29 is 19.2 Å². The molecule has 0 aliphatic carbocycles. The molecule has 2 N–H and O–H groups in total. The summed E-state index contributed by atoms with van der Waals surface area (Å²) >= 11 is 3.51. The predicted octanol–water partition coefficient (Wildman–Crippen LogP) is 3.81. The molecule has 1 heterocycles. The Morgan fingerprint density at radius 2 is 1.93 bits per heavy atom. The largest absolute Gasteiger partial charge is 0.486 e. The van der Waals surface area contributed by atoms with Gasteiger partial charge in [-0.15, -0.1) is 0 Å². The number of halogens is 1. The van der Waals surface area contributed by atoms with Gasteiger partial charge in [-0.25, -0.2) is 0 Å². The Hall–Kier alpha value is -2.81. The van der Waals surface area contributed by atoms with Gasteiger partial charge in [-0.3, -0.25) is 14.9 Å². The summed E-state index contributed by atoms with van der Waals surface area (Å²) in [6.45, 7) is 3.17. The second-order valence-corrected chi connectivity index (χ2v) is 7.11. The van der Waals surface area contributed by atoms with Gasteiger partial charge in [0.05, 0.1) is 11.0 Å². The van der Waals surface area contributed by atoms with E-state index in [1.54, 1.807) is 18.2 Å². The van der Waals surface area contributed by atoms with Gasteiger partial charge in [0.1, 0.15) is 18.9 Å². The number of benzene rings is 2. The Morgan fingerprint density at radius 3 is 2.64 bits per heavy atom. The third kappa shape index (κ3) is 4.72. The van der Waals surface area contributed by atoms with E-state index in [2.05, 4.69) is 26.6 Å². The molecule has 1 atom stereocenters. The first-order valence-corrected chi connectivity index (χ1v) is 9.60. The minimum absolute atomic E-state index is 0.0171. The molecule has 3 rings (SSSR count). The molecule has 148 valence electrons. The van der Waals surface area contributed by atoms with Crippen LogP contribution in [0.1, 0.15) is 24.9 Å². The Bertz CT molecular complexity index is 890. The predicted molar refractivity (Wildman–Crippen MR) is 108 cm³/mol. The molecule has 0 saturated carbocycles. The highest BCUT2D eigenvalue weighted by Crippen LogP contribution is 2.37. The van der Waals surface area contributed by atoms with Crippen LogP contribution in [0.5, 0.6) is 11.5 Å². The van der Waals surface area contributed by atoms with Crippen LogP contribution >= 0.6 is 15.9 Å². The fraction of sp³-hybridized carbons (Fsp3) is 0.316. The van der Waals surface area contributed by atoms with Crippen molar-refractivity contribution in [2.24, 2.45) is 0 Å². The van der Waals surface area contributed by atoms with E-state index in [-0.39, 0.29) is 30.6 Å². The van der Waals surface area contributed by atoms with E-state index in [0.29, 0.717) is 30.4 Å². The zero-order valence-corrected chi connectivity index (χ0v) is 16.8. The summed E-state index contributed by atoms with van der Waals surface area (Å²) in [5, 5.41) is 16.9. The minimum atomic E-state index is -0.454. The molecule has 0 spiro atoms. The van der Waals surface area contributed by atoms with Crippen molar-refractivity contribution in [2.75, 3.05) is 25.1 Å². The maximum Gasteiger partial charge on any atom is 0.292 e. The molecule has 1 aliphatic rings. The summed E-state index contributed by atoms with van der Waals surface area (Å²) in [6, 6.07) is 9.79. The number of carbonyl (C=O) groups excluding carboxylic acids is 1. The molecule has 1 amide bonds. The first-order chi connectivity index (χ1) is 13.5. The number of anilines is 1. The summed E-state index contributed by atoms with van der Waals surface area (Å²) in [7, 11) is 0. The van der Waals surface area contributed by atoms with Gasteiger partial charge in [0.25, 0.3) is 5.69 Å². The van der Waals surface area contributed by atoms with E-state index in [9.17, 15) is 14.9 Å². The van der Waals surface area contributed by atoms with Crippen molar-refractivity contribution in [2.45, 2.75) is 19.4 Å². The number of hydrogen-bond acceptors (Lipinski definition) is 6. The number of nitrogens with one attached hydrogen (secondary N) is 2. The van der Waals surface area contributed by atoms with Crippen LogP contribution in [0.3, 0.4) is 0 Å². The van der Waals surface area contributed by atoms with Gasteiger partial charge in [0.2, 0.25) is 5.91 Å². The molecule has 0 fully saturated rings. The third-order valence-electron chi connectivity index (χ3n) is 4.27. The first-order valence-electron chi connectivity index (χ1n) is 8.81. The van der Waals surface area contributed by atoms with Crippen LogP contribution in [0.25, 0.3) is 0 Å². The number of nitrogens with zero attached hydrogens (tertiary/aromatic N) is 1. The number of rotatable bonds is 7. The Kier molecular flexibility index (Phi) is 6.35. The molecule has 1 unspecified atom stereocenters. The zero-order valence-electron chi connectivity index (χ0n) is 15.2. The Labute approximate surface area is 170 Å². The van der Waals surface area contributed by atoms with Crippen LogP contribution in [0.4, 0.5) is 11.4 Å². The average molecular weight is 450 g/mol. The van der Waals surface area contributed by atoms with Gasteiger partial charge in [0, 0.05) is 23.5 Å². The smallest absolute Gasteiger partial charge is 0.292 e. The van der Waals surface area contributed by atoms with E-state index >= 15 is 0 Å². The molecular formula is C19H20BrN3O5. The first kappa shape index (κ1) is 19.9. The topological polar surface area (TPSA) is 103 Å². The van der Waals surface area contributed by atoms with Crippen LogP contribution in [0, 0.1) is 10.1 Å². The second-order valence-electron chi connectivity index (χ2n) is 6.26. The van der Waals surface area contributed by atoms with E-state index in [0.717, 1.165) is 10.0 Å². The summed E-state index contributed by atoms with van der Waals surface area (Å²) in [4.78, 5) is 22.8. The molecule has 9 heteroatoms. The molecule has 1 aliphatic heterocycles. The lowest BCUT2D eigenvalue weighted by Crippen LogP contribution is -2.28. The van der Waals surface area contributed by atoms with E-state index in [1.165, 1.54) is 6.07 Å². The van der Waals surface area contributed by atoms with Gasteiger partial charge in [-0.2, -0.15) is 0 Å². The molecule has 0 bridgehead atoms. The number of para-hydroxylation sites is 2. The SMILES string of the molecule is CC(NC(=O)CCNc1ccccc1[N+](=O)[O-])c1cc2c(cc1Br)OCCO2. The van der Waals surface area contributed by atoms with Crippen molar-refractivity contribution in [1.29, 1.82) is 0 Å². The van der Waals surface area contributed by atoms with Gasteiger partial charge >= 0.3 is 0 Å². The lowest BCUT2D eigenvalue weighted by atomic mass is 10.1. The highest BCUT2D eigenvalue weighted by atomic mass is 79.9. The van der Waals surface area contributed by atoms with Crippen LogP contribution in [0.2, 0.25) is 0 Å². The van der Waals surface area contributed by atoms with Crippen LogP contribution in [-0.2, 0) is 4.79 Å². The normalized spacial score (nSPS) is 13.5. The number of carbonyl (C=O) groups is 1.